The molecule has 0 aliphatic carbocycles. The Labute approximate surface area is 126 Å². The standard InChI is InChI=1S/C14H17FN4OS/c1-3-11(16-10-7-5-9(15)6-8-10)13(20)17-14-19-18-12(4-2)21-14/h5-8,11,16H,3-4H2,1-2H3,(H,17,19,20)/t11-/m1/s1. The summed E-state index contributed by atoms with van der Waals surface area (Å²) in [5.74, 6) is -0.486. The molecule has 0 bridgehead atoms. The molecule has 0 spiro atoms. The number of nitrogens with one attached hydrogen (secondary N) is 2. The molecule has 5 nitrogen and oxygen atoms in total. The second kappa shape index (κ2) is 7.12. The van der Waals surface area contributed by atoms with Gasteiger partial charge in [-0.25, -0.2) is 4.39 Å². The Hall–Kier alpha value is -2.02. The number of aryl methyl sites for hydroxylation is 1. The quantitative estimate of drug-likeness (QED) is 0.860. The van der Waals surface area contributed by atoms with Gasteiger partial charge in [-0.15, -0.1) is 10.2 Å². The van der Waals surface area contributed by atoms with E-state index in [1.807, 2.05) is 13.8 Å². The third kappa shape index (κ3) is 4.22. The van der Waals surface area contributed by atoms with E-state index >= 15 is 0 Å². The number of hydrogen-bond donors (Lipinski definition) is 2. The highest BCUT2D eigenvalue weighted by Gasteiger charge is 2.18. The molecule has 1 aromatic heterocycles. The van der Waals surface area contributed by atoms with Crippen LogP contribution in [0.5, 0.6) is 0 Å². The fraction of sp³-hybridized carbons (Fsp3) is 0.357. The van der Waals surface area contributed by atoms with E-state index in [0.717, 1.165) is 11.4 Å². The van der Waals surface area contributed by atoms with E-state index in [1.165, 1.54) is 23.5 Å². The van der Waals surface area contributed by atoms with Crippen LogP contribution in [-0.2, 0) is 11.2 Å². The Morgan fingerprint density at radius 1 is 1.29 bits per heavy atom. The smallest absolute Gasteiger partial charge is 0.248 e. The van der Waals surface area contributed by atoms with E-state index in [-0.39, 0.29) is 11.7 Å². The number of aromatic nitrogens is 2. The van der Waals surface area contributed by atoms with Crippen molar-refractivity contribution in [2.75, 3.05) is 10.6 Å². The van der Waals surface area contributed by atoms with Gasteiger partial charge in [0.15, 0.2) is 0 Å². The van der Waals surface area contributed by atoms with Crippen molar-refractivity contribution in [2.24, 2.45) is 0 Å². The molecule has 0 radical (unpaired) electrons. The lowest BCUT2D eigenvalue weighted by Crippen LogP contribution is -2.34. The van der Waals surface area contributed by atoms with Crippen LogP contribution in [0.25, 0.3) is 0 Å². The van der Waals surface area contributed by atoms with Gasteiger partial charge in [-0.1, -0.05) is 25.2 Å². The van der Waals surface area contributed by atoms with Crippen LogP contribution in [0.1, 0.15) is 25.3 Å². The van der Waals surface area contributed by atoms with Gasteiger partial charge in [0.25, 0.3) is 0 Å². The Morgan fingerprint density at radius 2 is 2.00 bits per heavy atom. The Morgan fingerprint density at radius 3 is 2.57 bits per heavy atom. The van der Waals surface area contributed by atoms with Crippen LogP contribution in [0, 0.1) is 5.82 Å². The predicted molar refractivity (Wildman–Crippen MR) is 82.0 cm³/mol. The maximum atomic E-state index is 12.9. The number of nitrogens with zero attached hydrogens (tertiary/aromatic N) is 2. The summed E-state index contributed by atoms with van der Waals surface area (Å²) < 4.78 is 12.9. The SMILES string of the molecule is CCc1nnc(NC(=O)[C@@H](CC)Nc2ccc(F)cc2)s1. The molecule has 0 aliphatic rings. The second-order valence-electron chi connectivity index (χ2n) is 4.46. The molecule has 1 amide bonds. The molecule has 1 atom stereocenters. The van der Waals surface area contributed by atoms with Crippen LogP contribution in [0.3, 0.4) is 0 Å². The summed E-state index contributed by atoms with van der Waals surface area (Å²) in [6.45, 7) is 3.88. The minimum absolute atomic E-state index is 0.180. The van der Waals surface area contributed by atoms with Gasteiger partial charge in [-0.2, -0.15) is 0 Å². The van der Waals surface area contributed by atoms with Gasteiger partial charge in [0.05, 0.1) is 0 Å². The molecule has 21 heavy (non-hydrogen) atoms. The first-order chi connectivity index (χ1) is 10.1. The first-order valence-electron chi connectivity index (χ1n) is 6.77. The number of anilines is 2. The van der Waals surface area contributed by atoms with E-state index in [2.05, 4.69) is 20.8 Å². The van der Waals surface area contributed by atoms with Crippen LogP contribution >= 0.6 is 11.3 Å². The highest BCUT2D eigenvalue weighted by atomic mass is 32.1. The van der Waals surface area contributed by atoms with Crippen molar-refractivity contribution >= 4 is 28.1 Å². The topological polar surface area (TPSA) is 66.9 Å². The van der Waals surface area contributed by atoms with Crippen LogP contribution in [-0.4, -0.2) is 22.1 Å². The maximum absolute atomic E-state index is 12.9. The van der Waals surface area contributed by atoms with Crippen molar-refractivity contribution in [2.45, 2.75) is 32.7 Å². The third-order valence-corrected chi connectivity index (χ3v) is 3.89. The first kappa shape index (κ1) is 15.4. The minimum Gasteiger partial charge on any atom is -0.374 e. The van der Waals surface area contributed by atoms with Crippen molar-refractivity contribution in [3.05, 3.63) is 35.1 Å². The first-order valence-corrected chi connectivity index (χ1v) is 7.59. The third-order valence-electron chi connectivity index (χ3n) is 2.91. The van der Waals surface area contributed by atoms with Crippen molar-refractivity contribution in [3.63, 3.8) is 0 Å². The number of carbonyl (C=O) groups excluding carboxylic acids is 1. The van der Waals surface area contributed by atoms with Crippen LogP contribution in [0.2, 0.25) is 0 Å². The number of amides is 1. The van der Waals surface area contributed by atoms with Gasteiger partial charge in [0.1, 0.15) is 16.9 Å². The molecule has 0 aliphatic heterocycles. The lowest BCUT2D eigenvalue weighted by molar-refractivity contribution is -0.117. The summed E-state index contributed by atoms with van der Waals surface area (Å²) in [6.07, 6.45) is 1.39. The van der Waals surface area contributed by atoms with E-state index in [4.69, 9.17) is 0 Å². The number of carbonyl (C=O) groups is 1. The van der Waals surface area contributed by atoms with Crippen molar-refractivity contribution in [1.82, 2.24) is 10.2 Å². The maximum Gasteiger partial charge on any atom is 0.248 e. The van der Waals surface area contributed by atoms with Crippen molar-refractivity contribution in [3.8, 4) is 0 Å². The molecule has 2 N–H and O–H groups in total. The largest absolute Gasteiger partial charge is 0.374 e. The minimum atomic E-state index is -0.413. The molecule has 0 saturated carbocycles. The van der Waals surface area contributed by atoms with Crippen LogP contribution in [0.15, 0.2) is 24.3 Å². The lowest BCUT2D eigenvalue weighted by atomic mass is 10.2. The monoisotopic (exact) mass is 308 g/mol. The molecule has 2 aromatic rings. The summed E-state index contributed by atoms with van der Waals surface area (Å²) in [4.78, 5) is 12.2. The van der Waals surface area contributed by atoms with Gasteiger partial charge in [0, 0.05) is 5.69 Å². The molecule has 0 unspecified atom stereocenters. The Balaban J connectivity index is 1.99. The van der Waals surface area contributed by atoms with Crippen molar-refractivity contribution in [1.29, 1.82) is 0 Å². The molecule has 1 aromatic carbocycles. The molecular weight excluding hydrogens is 291 g/mol. The molecular formula is C14H17FN4OS. The molecule has 7 heteroatoms. The average molecular weight is 308 g/mol. The normalized spacial score (nSPS) is 12.0. The van der Waals surface area contributed by atoms with Crippen LogP contribution in [0.4, 0.5) is 15.2 Å². The van der Waals surface area contributed by atoms with Gasteiger partial charge >= 0.3 is 0 Å². The summed E-state index contributed by atoms with van der Waals surface area (Å²) in [5, 5.41) is 15.1. The summed E-state index contributed by atoms with van der Waals surface area (Å²) >= 11 is 1.37. The number of rotatable bonds is 6. The van der Waals surface area contributed by atoms with Gasteiger partial charge < -0.3 is 5.32 Å². The van der Waals surface area contributed by atoms with Crippen LogP contribution < -0.4 is 10.6 Å². The fourth-order valence-corrected chi connectivity index (χ4v) is 2.42. The fourth-order valence-electron chi connectivity index (χ4n) is 1.74. The summed E-state index contributed by atoms with van der Waals surface area (Å²) in [5.41, 5.74) is 0.699. The molecule has 112 valence electrons. The molecule has 0 fully saturated rings. The number of hydrogen-bond acceptors (Lipinski definition) is 5. The van der Waals surface area contributed by atoms with Gasteiger partial charge in [0.2, 0.25) is 11.0 Å². The highest BCUT2D eigenvalue weighted by molar-refractivity contribution is 7.15. The van der Waals surface area contributed by atoms with Gasteiger partial charge in [-0.05, 0) is 37.1 Å². The van der Waals surface area contributed by atoms with Crippen molar-refractivity contribution < 1.29 is 9.18 Å². The lowest BCUT2D eigenvalue weighted by Gasteiger charge is -2.16. The van der Waals surface area contributed by atoms with E-state index < -0.39 is 6.04 Å². The zero-order chi connectivity index (χ0) is 15.2. The predicted octanol–water partition coefficient (Wildman–Crippen LogP) is 3.07. The molecule has 0 saturated heterocycles. The average Bonchev–Trinajstić information content (AvgIpc) is 2.94. The molecule has 2 rings (SSSR count). The highest BCUT2D eigenvalue weighted by Crippen LogP contribution is 2.17. The molecule has 1 heterocycles. The summed E-state index contributed by atoms with van der Waals surface area (Å²) in [7, 11) is 0. The summed E-state index contributed by atoms with van der Waals surface area (Å²) in [6, 6.07) is 5.50. The van der Waals surface area contributed by atoms with E-state index in [9.17, 15) is 9.18 Å². The number of benzene rings is 1. The van der Waals surface area contributed by atoms with Gasteiger partial charge in [-0.3, -0.25) is 10.1 Å². The van der Waals surface area contributed by atoms with E-state index in [0.29, 0.717) is 17.2 Å². The number of halogens is 1. The Bertz CT molecular complexity index is 599. The second-order valence-corrected chi connectivity index (χ2v) is 5.52. The zero-order valence-electron chi connectivity index (χ0n) is 11.9. The Kier molecular flexibility index (Phi) is 5.21. The van der Waals surface area contributed by atoms with E-state index in [1.54, 1.807) is 12.1 Å². The zero-order valence-corrected chi connectivity index (χ0v) is 12.7.